The van der Waals surface area contributed by atoms with Crippen molar-refractivity contribution in [3.05, 3.63) is 65.9 Å². The number of nitrogens with one attached hydrogen (secondary N) is 4. The molecule has 3 aromatic rings. The Kier molecular flexibility index (Phi) is 10.4. The summed E-state index contributed by atoms with van der Waals surface area (Å²) >= 11 is 0. The normalized spacial score (nSPS) is 13.9. The maximum atomic E-state index is 13.2. The molecule has 3 rings (SSSR count). The number of rotatable bonds is 14. The molecule has 0 aliphatic rings. The van der Waals surface area contributed by atoms with Gasteiger partial charge in [0.2, 0.25) is 17.7 Å². The van der Waals surface area contributed by atoms with E-state index in [9.17, 15) is 44.4 Å². The molecule has 14 heteroatoms. The molecular formula is C27H31N5O9. The average molecular weight is 570 g/mol. The monoisotopic (exact) mass is 569 g/mol. The number of H-pyrrole nitrogens is 1. The van der Waals surface area contributed by atoms with E-state index in [0.29, 0.717) is 11.1 Å². The lowest BCUT2D eigenvalue weighted by atomic mass is 10.0. The van der Waals surface area contributed by atoms with Gasteiger partial charge in [0.1, 0.15) is 29.9 Å². The number of benzene rings is 2. The zero-order valence-electron chi connectivity index (χ0n) is 21.7. The van der Waals surface area contributed by atoms with Crippen molar-refractivity contribution in [3.8, 4) is 5.75 Å². The van der Waals surface area contributed by atoms with E-state index >= 15 is 0 Å². The number of carboxylic acids is 2. The fourth-order valence-electron chi connectivity index (χ4n) is 4.09. The number of carbonyl (C=O) groups excluding carboxylic acids is 3. The van der Waals surface area contributed by atoms with Crippen molar-refractivity contribution >= 4 is 40.6 Å². The smallest absolute Gasteiger partial charge is 0.326 e. The van der Waals surface area contributed by atoms with Gasteiger partial charge in [0, 0.05) is 29.9 Å². The van der Waals surface area contributed by atoms with Crippen molar-refractivity contribution in [2.24, 2.45) is 5.73 Å². The summed E-state index contributed by atoms with van der Waals surface area (Å²) in [6, 6.07) is 6.94. The summed E-state index contributed by atoms with van der Waals surface area (Å²) in [6.45, 7) is -0.712. The Morgan fingerprint density at radius 2 is 1.41 bits per heavy atom. The van der Waals surface area contributed by atoms with Crippen LogP contribution in [-0.4, -0.2) is 85.8 Å². The van der Waals surface area contributed by atoms with Crippen LogP contribution in [0, 0.1) is 0 Å². The maximum absolute atomic E-state index is 13.2. The number of aromatic nitrogens is 1. The van der Waals surface area contributed by atoms with Gasteiger partial charge >= 0.3 is 11.9 Å². The van der Waals surface area contributed by atoms with Crippen molar-refractivity contribution in [2.45, 2.75) is 43.4 Å². The summed E-state index contributed by atoms with van der Waals surface area (Å²) in [7, 11) is 0. The standard InChI is InChI=1S/C27H31N5O9/c28-18(13-33)24(37)30-20(9-14-5-7-16(34)8-6-14)25(38)31-21(11-23(35)36)26(39)32-22(27(40)41)10-15-12-29-19-4-2-1-3-17(15)19/h1-8,12,18,20-22,29,33-34H,9-11,13,28H2,(H,30,37)(H,31,38)(H,32,39)(H,35,36)(H,40,41). The van der Waals surface area contributed by atoms with Crippen molar-refractivity contribution < 1.29 is 44.4 Å². The minimum absolute atomic E-state index is 0.0418. The van der Waals surface area contributed by atoms with Crippen LogP contribution >= 0.6 is 0 Å². The lowest BCUT2D eigenvalue weighted by Crippen LogP contribution is -2.58. The van der Waals surface area contributed by atoms with Gasteiger partial charge in [-0.25, -0.2) is 4.79 Å². The zero-order chi connectivity index (χ0) is 30.1. The largest absolute Gasteiger partial charge is 0.508 e. The van der Waals surface area contributed by atoms with E-state index in [0.717, 1.165) is 10.9 Å². The highest BCUT2D eigenvalue weighted by atomic mass is 16.4. The number of aromatic amines is 1. The number of carbonyl (C=O) groups is 5. The molecule has 0 bridgehead atoms. The maximum Gasteiger partial charge on any atom is 0.326 e. The summed E-state index contributed by atoms with van der Waals surface area (Å²) in [6.07, 6.45) is 0.455. The molecule has 0 radical (unpaired) electrons. The van der Waals surface area contributed by atoms with Crippen LogP contribution in [0.15, 0.2) is 54.7 Å². The van der Waals surface area contributed by atoms with Crippen LogP contribution in [0.5, 0.6) is 5.75 Å². The second kappa shape index (κ2) is 13.9. The van der Waals surface area contributed by atoms with E-state index in [4.69, 9.17) is 5.73 Å². The van der Waals surface area contributed by atoms with Crippen LogP contribution < -0.4 is 21.7 Å². The van der Waals surface area contributed by atoms with E-state index in [1.165, 1.54) is 24.3 Å². The van der Waals surface area contributed by atoms with Gasteiger partial charge in [0.15, 0.2) is 0 Å². The number of aliphatic carboxylic acids is 2. The minimum atomic E-state index is -1.70. The number of phenolic OH excluding ortho intramolecular Hbond substituents is 1. The third kappa shape index (κ3) is 8.52. The SMILES string of the molecule is NC(CO)C(=O)NC(Cc1ccc(O)cc1)C(=O)NC(CC(=O)O)C(=O)NC(Cc1c[nH]c2ccccc12)C(=O)O. The number of aliphatic hydroxyl groups is 1. The van der Waals surface area contributed by atoms with Gasteiger partial charge < -0.3 is 47.1 Å². The second-order valence-electron chi connectivity index (χ2n) is 9.34. The molecule has 10 N–H and O–H groups in total. The zero-order valence-corrected chi connectivity index (χ0v) is 21.7. The van der Waals surface area contributed by atoms with Gasteiger partial charge in [-0.2, -0.15) is 0 Å². The summed E-state index contributed by atoms with van der Waals surface area (Å²) in [5, 5.41) is 45.5. The topological polar surface area (TPSA) is 244 Å². The molecule has 0 spiro atoms. The molecule has 2 aromatic carbocycles. The number of hydrogen-bond acceptors (Lipinski definition) is 8. The fourth-order valence-corrected chi connectivity index (χ4v) is 4.09. The first-order chi connectivity index (χ1) is 19.5. The molecule has 0 saturated carbocycles. The second-order valence-corrected chi connectivity index (χ2v) is 9.34. The third-order valence-corrected chi connectivity index (χ3v) is 6.27. The summed E-state index contributed by atoms with van der Waals surface area (Å²) in [4.78, 5) is 65.2. The first kappa shape index (κ1) is 30.6. The Morgan fingerprint density at radius 1 is 0.805 bits per heavy atom. The van der Waals surface area contributed by atoms with E-state index in [-0.39, 0.29) is 18.6 Å². The van der Waals surface area contributed by atoms with Crippen LogP contribution in [0.25, 0.3) is 10.9 Å². The summed E-state index contributed by atoms with van der Waals surface area (Å²) in [5.41, 5.74) is 7.39. The molecule has 4 atom stereocenters. The third-order valence-electron chi connectivity index (χ3n) is 6.27. The van der Waals surface area contributed by atoms with Crippen molar-refractivity contribution in [1.82, 2.24) is 20.9 Å². The highest BCUT2D eigenvalue weighted by Crippen LogP contribution is 2.19. The first-order valence-corrected chi connectivity index (χ1v) is 12.5. The predicted octanol–water partition coefficient (Wildman–Crippen LogP) is -1.01. The molecule has 14 nitrogen and oxygen atoms in total. The van der Waals surface area contributed by atoms with Crippen molar-refractivity contribution in [2.75, 3.05) is 6.61 Å². The molecule has 1 heterocycles. The Labute approximate surface area is 233 Å². The molecular weight excluding hydrogens is 538 g/mol. The molecule has 1 aromatic heterocycles. The van der Waals surface area contributed by atoms with Crippen LogP contribution in [0.1, 0.15) is 17.5 Å². The number of nitrogens with two attached hydrogens (primary N) is 1. The Hall–Kier alpha value is -4.95. The Bertz CT molecular complexity index is 1410. The molecule has 41 heavy (non-hydrogen) atoms. The van der Waals surface area contributed by atoms with Crippen molar-refractivity contribution in [1.29, 1.82) is 0 Å². The Balaban J connectivity index is 1.79. The number of fused-ring (bicyclic) bond motifs is 1. The van der Waals surface area contributed by atoms with E-state index in [1.54, 1.807) is 30.5 Å². The summed E-state index contributed by atoms with van der Waals surface area (Å²) < 4.78 is 0. The van der Waals surface area contributed by atoms with Gasteiger partial charge in [-0.3, -0.25) is 19.2 Å². The number of para-hydroxylation sites is 1. The van der Waals surface area contributed by atoms with Crippen LogP contribution in [0.4, 0.5) is 0 Å². The van der Waals surface area contributed by atoms with E-state index in [1.807, 2.05) is 0 Å². The number of aliphatic hydroxyl groups excluding tert-OH is 1. The number of phenols is 1. The molecule has 0 aliphatic carbocycles. The molecule has 0 fully saturated rings. The Morgan fingerprint density at radius 3 is 2.05 bits per heavy atom. The van der Waals surface area contributed by atoms with Crippen molar-refractivity contribution in [3.63, 3.8) is 0 Å². The highest BCUT2D eigenvalue weighted by Gasteiger charge is 2.32. The van der Waals surface area contributed by atoms with Crippen LogP contribution in [0.3, 0.4) is 0 Å². The minimum Gasteiger partial charge on any atom is -0.508 e. The molecule has 0 aliphatic heterocycles. The lowest BCUT2D eigenvalue weighted by molar-refractivity contribution is -0.143. The predicted molar refractivity (Wildman–Crippen MR) is 145 cm³/mol. The van der Waals surface area contributed by atoms with E-state index in [2.05, 4.69) is 20.9 Å². The molecule has 218 valence electrons. The first-order valence-electron chi connectivity index (χ1n) is 12.5. The van der Waals surface area contributed by atoms with Gasteiger partial charge in [-0.15, -0.1) is 0 Å². The lowest BCUT2D eigenvalue weighted by Gasteiger charge is -2.24. The quantitative estimate of drug-likeness (QED) is 0.114. The highest BCUT2D eigenvalue weighted by molar-refractivity contribution is 5.96. The number of aromatic hydroxyl groups is 1. The van der Waals surface area contributed by atoms with E-state index < -0.39 is 66.9 Å². The number of hydrogen-bond donors (Lipinski definition) is 9. The van der Waals surface area contributed by atoms with Gasteiger partial charge in [0.25, 0.3) is 0 Å². The number of carboxylic acid groups (broad SMARTS) is 2. The van der Waals surface area contributed by atoms with Gasteiger partial charge in [-0.1, -0.05) is 30.3 Å². The summed E-state index contributed by atoms with van der Waals surface area (Å²) in [5.74, 6) is -5.76. The average Bonchev–Trinajstić information content (AvgIpc) is 3.34. The van der Waals surface area contributed by atoms with Gasteiger partial charge in [0.05, 0.1) is 13.0 Å². The van der Waals surface area contributed by atoms with Crippen LogP contribution in [-0.2, 0) is 36.8 Å². The fraction of sp³-hybridized carbons (Fsp3) is 0.296. The molecule has 3 amide bonds. The molecule has 4 unspecified atom stereocenters. The van der Waals surface area contributed by atoms with Gasteiger partial charge in [-0.05, 0) is 29.3 Å². The molecule has 0 saturated heterocycles. The van der Waals surface area contributed by atoms with Crippen LogP contribution in [0.2, 0.25) is 0 Å². The number of amides is 3.